The maximum absolute atomic E-state index is 5.37. The molecule has 2 atom stereocenters. The van der Waals surface area contributed by atoms with Gasteiger partial charge in [0.2, 0.25) is 0 Å². The number of nitrogens with one attached hydrogen (secondary N) is 1. The summed E-state index contributed by atoms with van der Waals surface area (Å²) in [4.78, 5) is 0. The molecule has 0 aliphatic carbocycles. The van der Waals surface area contributed by atoms with Crippen molar-refractivity contribution < 1.29 is 4.74 Å². The van der Waals surface area contributed by atoms with E-state index in [0.29, 0.717) is 6.54 Å². The zero-order chi connectivity index (χ0) is 6.97. The minimum atomic E-state index is 0.174. The van der Waals surface area contributed by atoms with Gasteiger partial charge in [-0.1, -0.05) is 0 Å². The van der Waals surface area contributed by atoms with E-state index in [1.807, 2.05) is 6.07 Å². The molecule has 3 N–H and O–H groups in total. The second kappa shape index (κ2) is 2.07. The van der Waals surface area contributed by atoms with Gasteiger partial charge in [0.1, 0.15) is 12.2 Å². The van der Waals surface area contributed by atoms with Crippen LogP contribution in [0.4, 0.5) is 0 Å². The fourth-order valence-electron chi connectivity index (χ4n) is 1.02. The standard InChI is InChI=1S/C6H9N3O/c7-3-5-6(10-5)4-1-2-8-9-4/h1-2,5-6H,3,7H2,(H,8,9). The maximum Gasteiger partial charge on any atom is 0.127 e. The van der Waals surface area contributed by atoms with E-state index in [1.165, 1.54) is 0 Å². The Morgan fingerprint density at radius 3 is 3.20 bits per heavy atom. The number of hydrogen-bond acceptors (Lipinski definition) is 3. The van der Waals surface area contributed by atoms with Gasteiger partial charge < -0.3 is 10.5 Å². The monoisotopic (exact) mass is 139 g/mol. The Bertz CT molecular complexity index is 209. The van der Waals surface area contributed by atoms with Crippen molar-refractivity contribution in [1.82, 2.24) is 10.2 Å². The van der Waals surface area contributed by atoms with Gasteiger partial charge in [-0.05, 0) is 6.07 Å². The third-order valence-corrected chi connectivity index (χ3v) is 1.64. The van der Waals surface area contributed by atoms with Gasteiger partial charge in [0, 0.05) is 12.7 Å². The molecule has 0 amide bonds. The first-order valence-corrected chi connectivity index (χ1v) is 3.26. The van der Waals surface area contributed by atoms with Gasteiger partial charge in [-0.3, -0.25) is 5.10 Å². The molecule has 0 spiro atoms. The quantitative estimate of drug-likeness (QED) is 0.558. The van der Waals surface area contributed by atoms with Crippen molar-refractivity contribution >= 4 is 0 Å². The van der Waals surface area contributed by atoms with Crippen LogP contribution in [0.15, 0.2) is 12.3 Å². The van der Waals surface area contributed by atoms with Crippen molar-refractivity contribution in [2.45, 2.75) is 12.2 Å². The lowest BCUT2D eigenvalue weighted by molar-refractivity contribution is 0.373. The molecule has 2 unspecified atom stereocenters. The zero-order valence-corrected chi connectivity index (χ0v) is 5.45. The van der Waals surface area contributed by atoms with E-state index in [1.54, 1.807) is 6.20 Å². The summed E-state index contributed by atoms with van der Waals surface area (Å²) in [6.07, 6.45) is 2.10. The molecule has 0 aromatic carbocycles. The highest BCUT2D eigenvalue weighted by molar-refractivity contribution is 5.10. The van der Waals surface area contributed by atoms with E-state index in [9.17, 15) is 0 Å². The van der Waals surface area contributed by atoms with Crippen LogP contribution in [0.1, 0.15) is 11.8 Å². The fraction of sp³-hybridized carbons (Fsp3) is 0.500. The Kier molecular flexibility index (Phi) is 1.22. The van der Waals surface area contributed by atoms with E-state index in [2.05, 4.69) is 10.2 Å². The summed E-state index contributed by atoms with van der Waals surface area (Å²) in [5.74, 6) is 0. The Balaban J connectivity index is 2.05. The lowest BCUT2D eigenvalue weighted by Gasteiger charge is -1.84. The summed E-state index contributed by atoms with van der Waals surface area (Å²) < 4.78 is 5.21. The van der Waals surface area contributed by atoms with Crippen molar-refractivity contribution in [1.29, 1.82) is 0 Å². The number of rotatable bonds is 2. The first-order valence-electron chi connectivity index (χ1n) is 3.26. The summed E-state index contributed by atoms with van der Waals surface area (Å²) in [6, 6.07) is 1.90. The molecule has 2 heterocycles. The van der Waals surface area contributed by atoms with Gasteiger partial charge in [0.25, 0.3) is 0 Å². The SMILES string of the molecule is NCC1OC1c1ccn[nH]1. The molecular weight excluding hydrogens is 130 g/mol. The summed E-state index contributed by atoms with van der Waals surface area (Å²) in [5.41, 5.74) is 6.39. The van der Waals surface area contributed by atoms with Crippen LogP contribution in [0.25, 0.3) is 0 Å². The minimum absolute atomic E-state index is 0.174. The normalized spacial score (nSPS) is 30.5. The van der Waals surface area contributed by atoms with Crippen molar-refractivity contribution in [2.75, 3.05) is 6.54 Å². The van der Waals surface area contributed by atoms with Crippen LogP contribution in [-0.4, -0.2) is 22.8 Å². The smallest absolute Gasteiger partial charge is 0.127 e. The summed E-state index contributed by atoms with van der Waals surface area (Å²) >= 11 is 0. The molecule has 1 aliphatic heterocycles. The first-order chi connectivity index (χ1) is 4.92. The molecule has 4 heteroatoms. The average Bonchev–Trinajstić information content (AvgIpc) is 2.56. The molecule has 0 bridgehead atoms. The Labute approximate surface area is 58.4 Å². The second-order valence-corrected chi connectivity index (χ2v) is 2.34. The van der Waals surface area contributed by atoms with Crippen LogP contribution in [0, 0.1) is 0 Å². The highest BCUT2D eigenvalue weighted by Gasteiger charge is 2.39. The number of epoxide rings is 1. The zero-order valence-electron chi connectivity index (χ0n) is 5.45. The van der Waals surface area contributed by atoms with Crippen molar-refractivity contribution in [3.63, 3.8) is 0 Å². The number of nitrogens with zero attached hydrogens (tertiary/aromatic N) is 1. The predicted octanol–water partition coefficient (Wildman–Crippen LogP) is -0.192. The van der Waals surface area contributed by atoms with Gasteiger partial charge >= 0.3 is 0 Å². The molecule has 0 saturated carbocycles. The Hall–Kier alpha value is -0.870. The highest BCUT2D eigenvalue weighted by atomic mass is 16.6. The van der Waals surface area contributed by atoms with Crippen LogP contribution in [0.5, 0.6) is 0 Å². The molecule has 1 aliphatic rings. The van der Waals surface area contributed by atoms with Crippen molar-refractivity contribution in [3.8, 4) is 0 Å². The van der Waals surface area contributed by atoms with Crippen molar-refractivity contribution in [3.05, 3.63) is 18.0 Å². The van der Waals surface area contributed by atoms with E-state index in [0.717, 1.165) is 5.69 Å². The van der Waals surface area contributed by atoms with Crippen LogP contribution in [-0.2, 0) is 4.74 Å². The first kappa shape index (κ1) is 5.88. The Morgan fingerprint density at radius 2 is 2.70 bits per heavy atom. The van der Waals surface area contributed by atoms with Gasteiger partial charge in [-0.2, -0.15) is 5.10 Å². The van der Waals surface area contributed by atoms with Crippen LogP contribution >= 0.6 is 0 Å². The number of hydrogen-bond donors (Lipinski definition) is 2. The van der Waals surface area contributed by atoms with E-state index in [4.69, 9.17) is 10.5 Å². The molecule has 2 rings (SSSR count). The predicted molar refractivity (Wildman–Crippen MR) is 35.3 cm³/mol. The summed E-state index contributed by atoms with van der Waals surface area (Å²) in [6.45, 7) is 0.587. The average molecular weight is 139 g/mol. The molecule has 54 valence electrons. The van der Waals surface area contributed by atoms with Crippen LogP contribution in [0.3, 0.4) is 0 Å². The minimum Gasteiger partial charge on any atom is -0.361 e. The molecule has 4 nitrogen and oxygen atoms in total. The number of aromatic amines is 1. The lowest BCUT2D eigenvalue weighted by Crippen LogP contribution is -2.06. The number of ether oxygens (including phenoxy) is 1. The van der Waals surface area contributed by atoms with Gasteiger partial charge in [-0.15, -0.1) is 0 Å². The molecule has 1 aromatic rings. The topological polar surface area (TPSA) is 67.2 Å². The fourth-order valence-corrected chi connectivity index (χ4v) is 1.02. The molecule has 1 aromatic heterocycles. The van der Waals surface area contributed by atoms with Gasteiger partial charge in [0.15, 0.2) is 0 Å². The highest BCUT2D eigenvalue weighted by Crippen LogP contribution is 2.36. The molecule has 1 saturated heterocycles. The van der Waals surface area contributed by atoms with E-state index < -0.39 is 0 Å². The third kappa shape index (κ3) is 0.815. The molecule has 1 fully saturated rings. The summed E-state index contributed by atoms with van der Waals surface area (Å²) in [7, 11) is 0. The van der Waals surface area contributed by atoms with Gasteiger partial charge in [-0.25, -0.2) is 0 Å². The number of aromatic nitrogens is 2. The summed E-state index contributed by atoms with van der Waals surface area (Å²) in [5, 5.41) is 6.64. The molecular formula is C6H9N3O. The van der Waals surface area contributed by atoms with Crippen LogP contribution < -0.4 is 5.73 Å². The third-order valence-electron chi connectivity index (χ3n) is 1.64. The lowest BCUT2D eigenvalue weighted by atomic mass is 10.2. The van der Waals surface area contributed by atoms with E-state index >= 15 is 0 Å². The Morgan fingerprint density at radius 1 is 1.80 bits per heavy atom. The van der Waals surface area contributed by atoms with Gasteiger partial charge in [0.05, 0.1) is 5.69 Å². The van der Waals surface area contributed by atoms with E-state index in [-0.39, 0.29) is 12.2 Å². The van der Waals surface area contributed by atoms with Crippen molar-refractivity contribution in [2.24, 2.45) is 5.73 Å². The maximum atomic E-state index is 5.37. The molecule has 0 radical (unpaired) electrons. The largest absolute Gasteiger partial charge is 0.361 e. The molecule has 10 heavy (non-hydrogen) atoms. The number of nitrogens with two attached hydrogens (primary N) is 1. The van der Waals surface area contributed by atoms with Crippen LogP contribution in [0.2, 0.25) is 0 Å². The second-order valence-electron chi connectivity index (χ2n) is 2.34. The number of H-pyrrole nitrogens is 1.